The van der Waals surface area contributed by atoms with Gasteiger partial charge >= 0.3 is 0 Å². The number of nitrogens with zero attached hydrogens (tertiary/aromatic N) is 4. The number of carbonyl (C=O) groups excluding carboxylic acids is 1. The van der Waals surface area contributed by atoms with Crippen LogP contribution in [0.25, 0.3) is 5.57 Å². The molecule has 2 heterocycles. The molecule has 2 fully saturated rings. The molecule has 1 aromatic rings. The fourth-order valence-corrected chi connectivity index (χ4v) is 6.04. The maximum atomic E-state index is 11.9. The number of nitriles is 1. The minimum absolute atomic E-state index is 0.0439. The Morgan fingerprint density at radius 2 is 2.03 bits per heavy atom. The Labute approximate surface area is 189 Å². The molecular weight excluding hydrogens is 404 g/mol. The first-order valence-corrected chi connectivity index (χ1v) is 12.1. The number of carbonyl (C=O) groups is 1. The number of Topliss-reactive ketones (excluding diaryl/α,β-unsaturated/α-hetero) is 1. The van der Waals surface area contributed by atoms with Crippen LogP contribution in [0.5, 0.6) is 5.88 Å². The lowest BCUT2D eigenvalue weighted by Crippen LogP contribution is -2.46. The van der Waals surface area contributed by atoms with Gasteiger partial charge in [-0.3, -0.25) is 9.69 Å². The smallest absolute Gasteiger partial charge is 0.224 e. The highest BCUT2D eigenvalue weighted by Crippen LogP contribution is 2.50. The molecule has 0 bridgehead atoms. The third kappa shape index (κ3) is 4.18. The van der Waals surface area contributed by atoms with E-state index < -0.39 is 5.92 Å². The number of rotatable bonds is 6. The first-order chi connectivity index (χ1) is 15.6. The zero-order chi connectivity index (χ0) is 22.1. The van der Waals surface area contributed by atoms with Crippen molar-refractivity contribution in [1.29, 1.82) is 5.26 Å². The summed E-state index contributed by atoms with van der Waals surface area (Å²) in [5.41, 5.74) is 4.76. The summed E-state index contributed by atoms with van der Waals surface area (Å²) >= 11 is 0. The largest absolute Gasteiger partial charge is 0.474 e. The second-order valence-corrected chi connectivity index (χ2v) is 9.65. The molecule has 0 spiro atoms. The van der Waals surface area contributed by atoms with E-state index in [1.807, 2.05) is 0 Å². The average Bonchev–Trinajstić information content (AvgIpc) is 3.38. The molecule has 170 valence electrons. The van der Waals surface area contributed by atoms with Crippen LogP contribution in [0.15, 0.2) is 11.9 Å². The highest BCUT2D eigenvalue weighted by molar-refractivity contribution is 5.83. The van der Waals surface area contributed by atoms with Crippen LogP contribution < -0.4 is 4.74 Å². The molecule has 1 saturated carbocycles. The normalized spacial score (nSPS) is 28.7. The van der Waals surface area contributed by atoms with Gasteiger partial charge in [0.05, 0.1) is 30.5 Å². The van der Waals surface area contributed by atoms with E-state index in [9.17, 15) is 10.1 Å². The van der Waals surface area contributed by atoms with Crippen molar-refractivity contribution < 1.29 is 14.3 Å². The molecule has 0 N–H and O–H groups in total. The molecular formula is C25H32N4O3. The Kier molecular flexibility index (Phi) is 6.25. The summed E-state index contributed by atoms with van der Waals surface area (Å²) < 4.78 is 12.0. The number of fused-ring (bicyclic) bond motifs is 2. The van der Waals surface area contributed by atoms with Crippen LogP contribution in [0.1, 0.15) is 63.1 Å². The molecule has 1 aromatic heterocycles. The molecule has 5 rings (SSSR count). The van der Waals surface area contributed by atoms with Gasteiger partial charge in [0.1, 0.15) is 24.1 Å². The number of ether oxygens (including phenoxy) is 2. The molecule has 7 nitrogen and oxygen atoms in total. The van der Waals surface area contributed by atoms with Gasteiger partial charge < -0.3 is 9.47 Å². The SMILES string of the molecule is CC(=O)C(C#N)C[C@H]1CCC2=C1c1c(ncnc1O[C@H]1CC[C@H](N3CCOCC3)CC1)C2. The van der Waals surface area contributed by atoms with Crippen molar-refractivity contribution in [1.82, 2.24) is 14.9 Å². The number of ketones is 1. The molecule has 1 saturated heterocycles. The van der Waals surface area contributed by atoms with Crippen LogP contribution in [0.4, 0.5) is 0 Å². The van der Waals surface area contributed by atoms with E-state index in [0.29, 0.717) is 18.3 Å². The van der Waals surface area contributed by atoms with E-state index in [1.54, 1.807) is 6.33 Å². The maximum Gasteiger partial charge on any atom is 0.224 e. The molecule has 3 aliphatic carbocycles. The molecule has 1 aliphatic heterocycles. The van der Waals surface area contributed by atoms with Crippen molar-refractivity contribution >= 4 is 11.4 Å². The van der Waals surface area contributed by atoms with Crippen molar-refractivity contribution in [3.63, 3.8) is 0 Å². The third-order valence-corrected chi connectivity index (χ3v) is 7.78. The van der Waals surface area contributed by atoms with Crippen LogP contribution in [-0.4, -0.2) is 59.1 Å². The van der Waals surface area contributed by atoms with E-state index in [-0.39, 0.29) is 17.8 Å². The van der Waals surface area contributed by atoms with E-state index >= 15 is 0 Å². The number of allylic oxidation sites excluding steroid dienone is 2. The van der Waals surface area contributed by atoms with E-state index in [4.69, 9.17) is 9.47 Å². The molecule has 4 aliphatic rings. The fourth-order valence-electron chi connectivity index (χ4n) is 6.04. The van der Waals surface area contributed by atoms with E-state index in [1.165, 1.54) is 18.1 Å². The number of hydrogen-bond acceptors (Lipinski definition) is 7. The average molecular weight is 437 g/mol. The van der Waals surface area contributed by atoms with Gasteiger partial charge in [0, 0.05) is 25.6 Å². The minimum atomic E-state index is -0.541. The number of aromatic nitrogens is 2. The Morgan fingerprint density at radius 3 is 2.75 bits per heavy atom. The zero-order valence-electron chi connectivity index (χ0n) is 18.9. The van der Waals surface area contributed by atoms with Crippen LogP contribution in [-0.2, 0) is 16.0 Å². The second-order valence-electron chi connectivity index (χ2n) is 9.65. The predicted octanol–water partition coefficient (Wildman–Crippen LogP) is 3.34. The number of hydrogen-bond donors (Lipinski definition) is 0. The summed E-state index contributed by atoms with van der Waals surface area (Å²) in [5.74, 6) is 0.334. The van der Waals surface area contributed by atoms with Crippen LogP contribution in [0.3, 0.4) is 0 Å². The maximum absolute atomic E-state index is 11.9. The summed E-state index contributed by atoms with van der Waals surface area (Å²) in [6.07, 6.45) is 9.62. The van der Waals surface area contributed by atoms with Crippen LogP contribution in [0, 0.1) is 23.2 Å². The molecule has 0 aromatic carbocycles. The van der Waals surface area contributed by atoms with Gasteiger partial charge in [-0.05, 0) is 63.4 Å². The molecule has 0 radical (unpaired) electrons. The van der Waals surface area contributed by atoms with Gasteiger partial charge in [0.15, 0.2) is 0 Å². The third-order valence-electron chi connectivity index (χ3n) is 7.78. The predicted molar refractivity (Wildman–Crippen MR) is 119 cm³/mol. The van der Waals surface area contributed by atoms with Crippen LogP contribution >= 0.6 is 0 Å². The Bertz CT molecular complexity index is 939. The lowest BCUT2D eigenvalue weighted by atomic mass is 9.86. The van der Waals surface area contributed by atoms with Crippen molar-refractivity contribution in [2.45, 2.75) is 70.4 Å². The first kappa shape index (κ1) is 21.5. The summed E-state index contributed by atoms with van der Waals surface area (Å²) in [6, 6.07) is 2.83. The lowest BCUT2D eigenvalue weighted by molar-refractivity contribution is -0.119. The quantitative estimate of drug-likeness (QED) is 0.676. The molecule has 2 atom stereocenters. The summed E-state index contributed by atoms with van der Waals surface area (Å²) in [7, 11) is 0. The van der Waals surface area contributed by atoms with Crippen molar-refractivity contribution in [3.05, 3.63) is 23.2 Å². The minimum Gasteiger partial charge on any atom is -0.474 e. The Hall–Kier alpha value is -2.30. The Morgan fingerprint density at radius 1 is 1.25 bits per heavy atom. The summed E-state index contributed by atoms with van der Waals surface area (Å²) in [6.45, 7) is 5.29. The first-order valence-electron chi connectivity index (χ1n) is 12.1. The van der Waals surface area contributed by atoms with Gasteiger partial charge in [-0.1, -0.05) is 5.57 Å². The van der Waals surface area contributed by atoms with E-state index in [2.05, 4.69) is 20.9 Å². The van der Waals surface area contributed by atoms with Crippen molar-refractivity contribution in [2.75, 3.05) is 26.3 Å². The highest BCUT2D eigenvalue weighted by Gasteiger charge is 2.38. The highest BCUT2D eigenvalue weighted by atomic mass is 16.5. The van der Waals surface area contributed by atoms with Gasteiger partial charge in [-0.15, -0.1) is 0 Å². The molecule has 1 unspecified atom stereocenters. The fraction of sp³-hybridized carbons (Fsp3) is 0.680. The topological polar surface area (TPSA) is 88.3 Å². The van der Waals surface area contributed by atoms with Crippen LogP contribution in [0.2, 0.25) is 0 Å². The van der Waals surface area contributed by atoms with Gasteiger partial charge in [-0.25, -0.2) is 9.97 Å². The van der Waals surface area contributed by atoms with Crippen molar-refractivity contribution in [3.8, 4) is 11.9 Å². The molecule has 7 heteroatoms. The molecule has 32 heavy (non-hydrogen) atoms. The lowest BCUT2D eigenvalue weighted by Gasteiger charge is -2.38. The molecule has 0 amide bonds. The van der Waals surface area contributed by atoms with Gasteiger partial charge in [0.25, 0.3) is 0 Å². The summed E-state index contributed by atoms with van der Waals surface area (Å²) in [4.78, 5) is 23.6. The Balaban J connectivity index is 1.28. The van der Waals surface area contributed by atoms with E-state index in [0.717, 1.165) is 82.5 Å². The van der Waals surface area contributed by atoms with Gasteiger partial charge in [-0.2, -0.15) is 5.26 Å². The number of morpholine rings is 1. The standard InChI is InChI=1S/C25H32N4O3/c1-16(30)19(14-26)12-17-2-3-18-13-22-24(23(17)18)25(28-15-27-22)32-21-6-4-20(5-7-21)29-8-10-31-11-9-29/h15,17,19-21H,2-13H2,1H3/t17-,19?,20-,21-/m1/s1. The zero-order valence-corrected chi connectivity index (χ0v) is 18.9. The van der Waals surface area contributed by atoms with Gasteiger partial charge in [0.2, 0.25) is 5.88 Å². The monoisotopic (exact) mass is 436 g/mol. The summed E-state index contributed by atoms with van der Waals surface area (Å²) in [5, 5.41) is 9.43. The van der Waals surface area contributed by atoms with Crippen molar-refractivity contribution in [2.24, 2.45) is 11.8 Å². The second kappa shape index (κ2) is 9.29.